The summed E-state index contributed by atoms with van der Waals surface area (Å²) in [5.74, 6) is 0.0285. The summed E-state index contributed by atoms with van der Waals surface area (Å²) < 4.78 is 0. The number of phenols is 1. The molecule has 1 saturated heterocycles. The summed E-state index contributed by atoms with van der Waals surface area (Å²) in [6.45, 7) is 1.19. The molecule has 18 heavy (non-hydrogen) atoms. The monoisotopic (exact) mass is 250 g/mol. The highest BCUT2D eigenvalue weighted by molar-refractivity contribution is 5.81. The Labute approximate surface area is 106 Å². The van der Waals surface area contributed by atoms with E-state index in [4.69, 9.17) is 10.6 Å². The van der Waals surface area contributed by atoms with Gasteiger partial charge in [-0.2, -0.15) is 0 Å². The van der Waals surface area contributed by atoms with Gasteiger partial charge < -0.3 is 10.8 Å². The van der Waals surface area contributed by atoms with Crippen molar-refractivity contribution >= 4 is 5.91 Å². The molecule has 2 rings (SSSR count). The first-order valence-electron chi connectivity index (χ1n) is 6.14. The van der Waals surface area contributed by atoms with Gasteiger partial charge in [0.25, 0.3) is 5.91 Å². The van der Waals surface area contributed by atoms with Gasteiger partial charge in [0.15, 0.2) is 0 Å². The number of hydrogen-bond donors (Lipinski definition) is 2. The number of carbonyl (C=O) groups is 1. The van der Waals surface area contributed by atoms with Gasteiger partial charge in [-0.1, -0.05) is 12.1 Å². The summed E-state index contributed by atoms with van der Waals surface area (Å²) in [4.78, 5) is 17.3. The highest BCUT2D eigenvalue weighted by Crippen LogP contribution is 2.13. The predicted octanol–water partition coefficient (Wildman–Crippen LogP) is 0.816. The average molecular weight is 250 g/mol. The van der Waals surface area contributed by atoms with Gasteiger partial charge in [-0.3, -0.25) is 9.63 Å². The van der Waals surface area contributed by atoms with E-state index in [-0.39, 0.29) is 11.7 Å². The third kappa shape index (κ3) is 3.21. The van der Waals surface area contributed by atoms with Crippen LogP contribution in [-0.2, 0) is 16.1 Å². The lowest BCUT2D eigenvalue weighted by molar-refractivity contribution is -0.198. The van der Waals surface area contributed by atoms with Crippen LogP contribution in [0.4, 0.5) is 0 Å². The Morgan fingerprint density at radius 3 is 2.72 bits per heavy atom. The summed E-state index contributed by atoms with van der Waals surface area (Å²) in [6, 6.07) is 6.10. The molecule has 5 nitrogen and oxygen atoms in total. The summed E-state index contributed by atoms with van der Waals surface area (Å²) in [6.07, 6.45) is 2.38. The van der Waals surface area contributed by atoms with Gasteiger partial charge in [-0.05, 0) is 37.0 Å². The molecule has 0 radical (unpaired) electrons. The van der Waals surface area contributed by atoms with E-state index < -0.39 is 6.04 Å². The lowest BCUT2D eigenvalue weighted by Crippen LogP contribution is -2.46. The van der Waals surface area contributed by atoms with Crippen molar-refractivity contribution in [2.45, 2.75) is 25.3 Å². The normalized spacial score (nSPS) is 17.5. The zero-order valence-electron chi connectivity index (χ0n) is 10.2. The molecule has 98 valence electrons. The van der Waals surface area contributed by atoms with E-state index in [0.29, 0.717) is 19.6 Å². The molecule has 0 unspecified atom stereocenters. The van der Waals surface area contributed by atoms with Crippen LogP contribution >= 0.6 is 0 Å². The minimum atomic E-state index is -0.604. The van der Waals surface area contributed by atoms with Crippen LogP contribution in [0.5, 0.6) is 5.75 Å². The Morgan fingerprint density at radius 1 is 1.39 bits per heavy atom. The molecule has 1 heterocycles. The average Bonchev–Trinajstić information content (AvgIpc) is 2.41. The van der Waals surface area contributed by atoms with Crippen LogP contribution in [0.3, 0.4) is 0 Å². The van der Waals surface area contributed by atoms with E-state index in [1.165, 1.54) is 5.06 Å². The molecule has 1 aliphatic heterocycles. The van der Waals surface area contributed by atoms with Crippen LogP contribution in [0, 0.1) is 0 Å². The van der Waals surface area contributed by atoms with Gasteiger partial charge >= 0.3 is 0 Å². The molecule has 5 heteroatoms. The third-order valence-electron chi connectivity index (χ3n) is 2.96. The molecule has 1 aromatic carbocycles. The molecule has 1 fully saturated rings. The van der Waals surface area contributed by atoms with E-state index in [1.807, 2.05) is 0 Å². The van der Waals surface area contributed by atoms with Crippen molar-refractivity contribution in [1.82, 2.24) is 5.06 Å². The maximum atomic E-state index is 12.0. The predicted molar refractivity (Wildman–Crippen MR) is 66.7 cm³/mol. The van der Waals surface area contributed by atoms with Crippen molar-refractivity contribution in [1.29, 1.82) is 0 Å². The molecule has 1 aromatic rings. The van der Waals surface area contributed by atoms with Crippen molar-refractivity contribution < 1.29 is 14.7 Å². The standard InChI is InChI=1S/C13H18N2O3/c14-12(9-10-3-5-11(16)6-4-10)13(17)15-7-1-2-8-18-15/h3-6,12,16H,1-2,7-9,14H2/t12-/m0/s1. The van der Waals surface area contributed by atoms with Gasteiger partial charge in [0.1, 0.15) is 5.75 Å². The quantitative estimate of drug-likeness (QED) is 0.832. The molecule has 0 spiro atoms. The van der Waals surface area contributed by atoms with Crippen LogP contribution < -0.4 is 5.73 Å². The molecule has 0 aromatic heterocycles. The number of carbonyl (C=O) groups excluding carboxylic acids is 1. The van der Waals surface area contributed by atoms with Crippen LogP contribution in [0.15, 0.2) is 24.3 Å². The number of rotatable bonds is 3. The van der Waals surface area contributed by atoms with E-state index in [1.54, 1.807) is 24.3 Å². The number of phenolic OH excluding ortho intramolecular Hbond substituents is 1. The highest BCUT2D eigenvalue weighted by Gasteiger charge is 2.23. The van der Waals surface area contributed by atoms with Crippen LogP contribution in [0.2, 0.25) is 0 Å². The summed E-state index contributed by atoms with van der Waals surface area (Å²) in [7, 11) is 0. The van der Waals surface area contributed by atoms with E-state index in [9.17, 15) is 9.90 Å². The Bertz CT molecular complexity index is 399. The van der Waals surface area contributed by atoms with Crippen molar-refractivity contribution in [3.05, 3.63) is 29.8 Å². The number of aromatic hydroxyl groups is 1. The summed E-state index contributed by atoms with van der Waals surface area (Å²) in [5.41, 5.74) is 6.81. The minimum Gasteiger partial charge on any atom is -0.508 e. The lowest BCUT2D eigenvalue weighted by atomic mass is 10.1. The van der Waals surface area contributed by atoms with Gasteiger partial charge in [0, 0.05) is 6.54 Å². The fourth-order valence-corrected chi connectivity index (χ4v) is 1.93. The molecule has 0 bridgehead atoms. The van der Waals surface area contributed by atoms with E-state index >= 15 is 0 Å². The van der Waals surface area contributed by atoms with Crippen LogP contribution in [0.1, 0.15) is 18.4 Å². The Morgan fingerprint density at radius 2 is 2.11 bits per heavy atom. The number of benzene rings is 1. The molecule has 0 aliphatic carbocycles. The van der Waals surface area contributed by atoms with Crippen molar-refractivity contribution in [3.63, 3.8) is 0 Å². The molecule has 1 aliphatic rings. The Kier molecular flexibility index (Phi) is 4.17. The second-order valence-electron chi connectivity index (χ2n) is 4.46. The zero-order valence-corrected chi connectivity index (χ0v) is 10.2. The Hall–Kier alpha value is -1.59. The number of nitrogens with two attached hydrogens (primary N) is 1. The first-order valence-corrected chi connectivity index (χ1v) is 6.14. The van der Waals surface area contributed by atoms with Crippen LogP contribution in [0.25, 0.3) is 0 Å². The topological polar surface area (TPSA) is 75.8 Å². The number of amides is 1. The molecule has 3 N–H and O–H groups in total. The van der Waals surface area contributed by atoms with Crippen molar-refractivity contribution in [3.8, 4) is 5.75 Å². The SMILES string of the molecule is N[C@@H](Cc1ccc(O)cc1)C(=O)N1CCCCO1. The lowest BCUT2D eigenvalue weighted by Gasteiger charge is -2.28. The van der Waals surface area contributed by atoms with E-state index in [2.05, 4.69) is 0 Å². The summed E-state index contributed by atoms with van der Waals surface area (Å²) >= 11 is 0. The fraction of sp³-hybridized carbons (Fsp3) is 0.462. The number of nitrogens with zero attached hydrogens (tertiary/aromatic N) is 1. The maximum Gasteiger partial charge on any atom is 0.263 e. The number of hydrogen-bond acceptors (Lipinski definition) is 4. The molecule has 1 atom stereocenters. The largest absolute Gasteiger partial charge is 0.508 e. The smallest absolute Gasteiger partial charge is 0.263 e. The van der Waals surface area contributed by atoms with Gasteiger partial charge in [-0.15, -0.1) is 0 Å². The first kappa shape index (κ1) is 12.9. The fourth-order valence-electron chi connectivity index (χ4n) is 1.93. The van der Waals surface area contributed by atoms with Crippen molar-refractivity contribution in [2.75, 3.05) is 13.2 Å². The summed E-state index contributed by atoms with van der Waals surface area (Å²) in [5, 5.41) is 10.5. The van der Waals surface area contributed by atoms with Gasteiger partial charge in [-0.25, -0.2) is 5.06 Å². The molecule has 1 amide bonds. The zero-order chi connectivity index (χ0) is 13.0. The van der Waals surface area contributed by atoms with Crippen LogP contribution in [-0.4, -0.2) is 35.3 Å². The van der Waals surface area contributed by atoms with Crippen molar-refractivity contribution in [2.24, 2.45) is 5.73 Å². The molecular formula is C13H18N2O3. The Balaban J connectivity index is 1.92. The molecular weight excluding hydrogens is 232 g/mol. The molecule has 0 saturated carbocycles. The third-order valence-corrected chi connectivity index (χ3v) is 2.96. The minimum absolute atomic E-state index is 0.178. The van der Waals surface area contributed by atoms with Gasteiger partial charge in [0.05, 0.1) is 12.6 Å². The number of hydroxylamine groups is 2. The van der Waals surface area contributed by atoms with E-state index in [0.717, 1.165) is 18.4 Å². The second kappa shape index (κ2) is 5.84. The second-order valence-corrected chi connectivity index (χ2v) is 4.46. The maximum absolute atomic E-state index is 12.0. The van der Waals surface area contributed by atoms with Gasteiger partial charge in [0.2, 0.25) is 0 Å². The first-order chi connectivity index (χ1) is 8.66. The highest BCUT2D eigenvalue weighted by atomic mass is 16.7.